The third kappa shape index (κ3) is 4.44. The molecule has 152 valence electrons. The number of carbonyl (C=O) groups is 1. The predicted octanol–water partition coefficient (Wildman–Crippen LogP) is 4.34. The summed E-state index contributed by atoms with van der Waals surface area (Å²) in [5.41, 5.74) is 4.25. The zero-order chi connectivity index (χ0) is 20.9. The molecule has 0 radical (unpaired) electrons. The number of carbonyl (C=O) groups excluding carboxylic acids is 1. The quantitative estimate of drug-likeness (QED) is 0.437. The molecule has 8 heteroatoms. The highest BCUT2D eigenvalue weighted by molar-refractivity contribution is 7.99. The van der Waals surface area contributed by atoms with Gasteiger partial charge in [-0.15, -0.1) is 16.4 Å². The van der Waals surface area contributed by atoms with Crippen LogP contribution in [0.1, 0.15) is 27.6 Å². The largest absolute Gasteiger partial charge is 0.344 e. The number of thiophene rings is 1. The second-order valence-electron chi connectivity index (χ2n) is 6.81. The Bertz CT molecular complexity index is 1130. The van der Waals surface area contributed by atoms with Gasteiger partial charge in [-0.3, -0.25) is 4.79 Å². The van der Waals surface area contributed by atoms with Crippen molar-refractivity contribution in [3.63, 3.8) is 0 Å². The highest BCUT2D eigenvalue weighted by Crippen LogP contribution is 2.27. The number of nitrogens with zero attached hydrogens (tertiary/aromatic N) is 4. The van der Waals surface area contributed by atoms with Gasteiger partial charge in [0.15, 0.2) is 0 Å². The number of hydrogen-bond acceptors (Lipinski definition) is 6. The van der Waals surface area contributed by atoms with Crippen LogP contribution >= 0.6 is 23.1 Å². The van der Waals surface area contributed by atoms with Crippen molar-refractivity contribution in [3.05, 3.63) is 87.6 Å². The third-order valence-corrected chi connectivity index (χ3v) is 6.70. The molecule has 2 aromatic heterocycles. The summed E-state index contributed by atoms with van der Waals surface area (Å²) in [6.45, 7) is 4.09. The number of aromatic nitrogens is 4. The van der Waals surface area contributed by atoms with Crippen LogP contribution in [0.5, 0.6) is 0 Å². The molecule has 4 aromatic rings. The van der Waals surface area contributed by atoms with E-state index in [0.29, 0.717) is 5.16 Å². The van der Waals surface area contributed by atoms with Crippen molar-refractivity contribution in [1.82, 2.24) is 25.5 Å². The smallest absolute Gasteiger partial charge is 0.231 e. The van der Waals surface area contributed by atoms with Gasteiger partial charge in [0.05, 0.1) is 17.5 Å². The van der Waals surface area contributed by atoms with Gasteiger partial charge >= 0.3 is 0 Å². The number of nitrogens with one attached hydrogen (secondary N) is 1. The molecule has 4 rings (SSSR count). The molecule has 6 nitrogen and oxygen atoms in total. The van der Waals surface area contributed by atoms with E-state index in [2.05, 4.69) is 33.8 Å². The van der Waals surface area contributed by atoms with Gasteiger partial charge in [-0.1, -0.05) is 60.3 Å². The molecule has 0 spiro atoms. The minimum absolute atomic E-state index is 0.0715. The Kier molecular flexibility index (Phi) is 6.25. The molecule has 0 bridgehead atoms. The van der Waals surface area contributed by atoms with Crippen LogP contribution in [0.2, 0.25) is 0 Å². The lowest BCUT2D eigenvalue weighted by Crippen LogP contribution is -2.30. The Morgan fingerprint density at radius 1 is 1.10 bits per heavy atom. The summed E-state index contributed by atoms with van der Waals surface area (Å²) < 4.78 is 1.69. The first-order valence-corrected chi connectivity index (χ1v) is 11.4. The number of thioether (sulfide) groups is 1. The average molecular weight is 436 g/mol. The van der Waals surface area contributed by atoms with Crippen molar-refractivity contribution in [2.75, 3.05) is 5.75 Å². The van der Waals surface area contributed by atoms with Crippen LogP contribution in [-0.2, 0) is 4.79 Å². The molecule has 1 amide bonds. The summed E-state index contributed by atoms with van der Waals surface area (Å²) >= 11 is 2.95. The molecular formula is C22H21N5OS2. The highest BCUT2D eigenvalue weighted by Gasteiger charge is 2.19. The van der Waals surface area contributed by atoms with Crippen molar-refractivity contribution in [2.45, 2.75) is 25.0 Å². The molecule has 1 atom stereocenters. The number of hydrogen-bond donors (Lipinski definition) is 1. The molecule has 0 fully saturated rings. The molecular weight excluding hydrogens is 414 g/mol. The van der Waals surface area contributed by atoms with Crippen LogP contribution in [0.25, 0.3) is 5.69 Å². The second kappa shape index (κ2) is 9.23. The van der Waals surface area contributed by atoms with Gasteiger partial charge in [-0.2, -0.15) is 4.68 Å². The van der Waals surface area contributed by atoms with E-state index in [1.54, 1.807) is 16.0 Å². The predicted molar refractivity (Wildman–Crippen MR) is 120 cm³/mol. The lowest BCUT2D eigenvalue weighted by molar-refractivity contribution is -0.119. The van der Waals surface area contributed by atoms with Gasteiger partial charge in [-0.25, -0.2) is 0 Å². The lowest BCUT2D eigenvalue weighted by atomic mass is 10.1. The summed E-state index contributed by atoms with van der Waals surface area (Å²) in [7, 11) is 0. The molecule has 0 saturated heterocycles. The van der Waals surface area contributed by atoms with Crippen molar-refractivity contribution in [3.8, 4) is 5.69 Å². The van der Waals surface area contributed by atoms with Crippen LogP contribution in [0, 0.1) is 13.8 Å². The number of rotatable bonds is 7. The summed E-state index contributed by atoms with van der Waals surface area (Å²) in [5, 5.41) is 17.8. The van der Waals surface area contributed by atoms with Crippen molar-refractivity contribution in [2.24, 2.45) is 0 Å². The molecule has 2 aromatic carbocycles. The molecule has 0 aliphatic carbocycles. The second-order valence-corrected chi connectivity index (χ2v) is 8.73. The van der Waals surface area contributed by atoms with Gasteiger partial charge in [0.25, 0.3) is 0 Å². The first-order chi connectivity index (χ1) is 14.6. The zero-order valence-electron chi connectivity index (χ0n) is 16.6. The number of benzene rings is 2. The third-order valence-electron chi connectivity index (χ3n) is 4.84. The summed E-state index contributed by atoms with van der Waals surface area (Å²) in [4.78, 5) is 13.9. The number of aryl methyl sites for hydroxylation is 1. The van der Waals surface area contributed by atoms with Gasteiger partial charge in [-0.05, 0) is 58.5 Å². The van der Waals surface area contributed by atoms with Gasteiger partial charge in [0.1, 0.15) is 0 Å². The Hall–Kier alpha value is -2.97. The Balaban J connectivity index is 1.48. The topological polar surface area (TPSA) is 72.7 Å². The fourth-order valence-electron chi connectivity index (χ4n) is 3.14. The van der Waals surface area contributed by atoms with Gasteiger partial charge in [0.2, 0.25) is 11.1 Å². The van der Waals surface area contributed by atoms with Crippen molar-refractivity contribution >= 4 is 29.0 Å². The van der Waals surface area contributed by atoms with E-state index >= 15 is 0 Å². The fraction of sp³-hybridized carbons (Fsp3) is 0.182. The van der Waals surface area contributed by atoms with Gasteiger partial charge in [0, 0.05) is 4.88 Å². The maximum Gasteiger partial charge on any atom is 0.231 e. The molecule has 2 heterocycles. The normalized spacial score (nSPS) is 11.9. The Morgan fingerprint density at radius 2 is 1.93 bits per heavy atom. The molecule has 1 N–H and O–H groups in total. The number of tetrazole rings is 1. The average Bonchev–Trinajstić information content (AvgIpc) is 3.45. The Labute approximate surface area is 183 Å². The van der Waals surface area contributed by atoms with E-state index in [0.717, 1.165) is 21.7 Å². The molecule has 0 aliphatic heterocycles. The van der Waals surface area contributed by atoms with Crippen LogP contribution in [-0.4, -0.2) is 31.9 Å². The monoisotopic (exact) mass is 435 g/mol. The first kappa shape index (κ1) is 20.3. The number of amides is 1. The van der Waals surface area contributed by atoms with E-state index < -0.39 is 0 Å². The van der Waals surface area contributed by atoms with Crippen molar-refractivity contribution in [1.29, 1.82) is 0 Å². The maximum absolute atomic E-state index is 12.8. The van der Waals surface area contributed by atoms with Crippen molar-refractivity contribution < 1.29 is 4.79 Å². The van der Waals surface area contributed by atoms with E-state index in [1.807, 2.05) is 66.9 Å². The molecule has 1 unspecified atom stereocenters. The van der Waals surface area contributed by atoms with Gasteiger partial charge < -0.3 is 5.32 Å². The minimum atomic E-state index is -0.172. The maximum atomic E-state index is 12.8. The fourth-order valence-corrected chi connectivity index (χ4v) is 4.64. The van der Waals surface area contributed by atoms with E-state index in [1.165, 1.54) is 17.3 Å². The van der Waals surface area contributed by atoms with Crippen LogP contribution in [0.3, 0.4) is 0 Å². The van der Waals surface area contributed by atoms with E-state index in [4.69, 9.17) is 0 Å². The summed E-state index contributed by atoms with van der Waals surface area (Å²) in [6.07, 6.45) is 0. The van der Waals surface area contributed by atoms with E-state index in [9.17, 15) is 4.79 Å². The standard InChI is InChI=1S/C22H21N5OS2/c1-15-8-6-11-18(16(15)2)27-22(24-25-26-27)30-14-20(28)23-21(19-12-7-13-29-19)17-9-4-3-5-10-17/h3-13,21H,14H2,1-2H3,(H,23,28). The highest BCUT2D eigenvalue weighted by atomic mass is 32.2. The lowest BCUT2D eigenvalue weighted by Gasteiger charge is -2.18. The van der Waals surface area contributed by atoms with Crippen LogP contribution in [0.4, 0.5) is 0 Å². The van der Waals surface area contributed by atoms with E-state index in [-0.39, 0.29) is 17.7 Å². The molecule has 0 saturated carbocycles. The first-order valence-electron chi connectivity index (χ1n) is 9.49. The molecule has 0 aliphatic rings. The minimum Gasteiger partial charge on any atom is -0.344 e. The molecule has 30 heavy (non-hydrogen) atoms. The SMILES string of the molecule is Cc1cccc(-n2nnnc2SCC(=O)NC(c2ccccc2)c2cccs2)c1C. The van der Waals surface area contributed by atoms with Crippen LogP contribution in [0.15, 0.2) is 71.2 Å². The Morgan fingerprint density at radius 3 is 2.70 bits per heavy atom. The summed E-state index contributed by atoms with van der Waals surface area (Å²) in [6, 6.07) is 19.9. The zero-order valence-corrected chi connectivity index (χ0v) is 18.3. The van der Waals surface area contributed by atoms with Crippen LogP contribution < -0.4 is 5.32 Å². The summed E-state index contributed by atoms with van der Waals surface area (Å²) in [5.74, 6) is 0.151.